The number of rotatable bonds is 12. The van der Waals surface area contributed by atoms with Gasteiger partial charge in [0, 0.05) is 44.0 Å². The molecule has 0 bridgehead atoms. The number of sulfonamides is 2. The van der Waals surface area contributed by atoms with Crippen LogP contribution in [0.4, 0.5) is 0 Å². The molecule has 0 spiro atoms. The van der Waals surface area contributed by atoms with E-state index in [0.717, 1.165) is 0 Å². The standard InChI is InChI=1S/C20H26N4O9S3/c1-3-21-17-12-23(9-6-10-32-2)36(30,31)20-16(17)11-18(34-20)35(28,29)22-19(25)15-8-5-4-7-14(15)13-33-24(26)27/h4-5,7-8,11,17,21H,3,6,9-10,12-13H2,1-2H3,(H,22,25)/t17-/m0/s1. The molecule has 1 amide bonds. The summed E-state index contributed by atoms with van der Waals surface area (Å²) in [6, 6.07) is 6.49. The number of likely N-dealkylation sites (N-methyl/N-ethyl adjacent to an activating group) is 1. The van der Waals surface area contributed by atoms with Gasteiger partial charge in [0.25, 0.3) is 31.0 Å². The molecule has 2 N–H and O–H groups in total. The van der Waals surface area contributed by atoms with Gasteiger partial charge in [-0.25, -0.2) is 21.6 Å². The first kappa shape index (κ1) is 27.9. The van der Waals surface area contributed by atoms with E-state index in [4.69, 9.17) is 4.74 Å². The molecule has 0 aliphatic carbocycles. The van der Waals surface area contributed by atoms with Gasteiger partial charge >= 0.3 is 0 Å². The lowest BCUT2D eigenvalue weighted by atomic mass is 10.1. The zero-order chi connectivity index (χ0) is 26.5. The zero-order valence-corrected chi connectivity index (χ0v) is 21.9. The average Bonchev–Trinajstić information content (AvgIpc) is 3.29. The number of hydrogen-bond acceptors (Lipinski definition) is 11. The van der Waals surface area contributed by atoms with Crippen molar-refractivity contribution in [3.63, 3.8) is 0 Å². The van der Waals surface area contributed by atoms with Gasteiger partial charge in [-0.3, -0.25) is 4.79 Å². The van der Waals surface area contributed by atoms with Crippen LogP contribution in [0.2, 0.25) is 0 Å². The van der Waals surface area contributed by atoms with Crippen LogP contribution < -0.4 is 10.0 Å². The molecule has 0 saturated heterocycles. The monoisotopic (exact) mass is 562 g/mol. The number of hydrogen-bond donors (Lipinski definition) is 2. The van der Waals surface area contributed by atoms with Crippen molar-refractivity contribution in [2.45, 2.75) is 34.4 Å². The topological polar surface area (TPSA) is 174 Å². The van der Waals surface area contributed by atoms with Crippen LogP contribution in [0.3, 0.4) is 0 Å². The molecule has 1 aliphatic rings. The quantitative estimate of drug-likeness (QED) is 0.218. The second-order valence-electron chi connectivity index (χ2n) is 7.72. The van der Waals surface area contributed by atoms with Crippen molar-refractivity contribution >= 4 is 37.3 Å². The number of ether oxygens (including phenoxy) is 1. The number of fused-ring (bicyclic) bond motifs is 1. The number of thiophene rings is 1. The third-order valence-electron chi connectivity index (χ3n) is 5.32. The van der Waals surface area contributed by atoms with E-state index in [0.29, 0.717) is 36.5 Å². The fourth-order valence-electron chi connectivity index (χ4n) is 3.69. The number of amides is 1. The maximum Gasteiger partial charge on any atom is 0.294 e. The Bertz CT molecular complexity index is 1330. The largest absolute Gasteiger partial charge is 0.385 e. The highest BCUT2D eigenvalue weighted by Crippen LogP contribution is 2.40. The van der Waals surface area contributed by atoms with Crippen molar-refractivity contribution in [1.82, 2.24) is 14.3 Å². The van der Waals surface area contributed by atoms with Crippen LogP contribution in [-0.4, -0.2) is 65.5 Å². The van der Waals surface area contributed by atoms with E-state index < -0.39 is 43.7 Å². The summed E-state index contributed by atoms with van der Waals surface area (Å²) in [6.07, 6.45) is 0.468. The summed E-state index contributed by atoms with van der Waals surface area (Å²) in [4.78, 5) is 27.6. The molecule has 0 fully saturated rings. The molecule has 1 atom stereocenters. The minimum absolute atomic E-state index is 0.105. The predicted octanol–water partition coefficient (Wildman–Crippen LogP) is 1.27. The number of methoxy groups -OCH3 is 1. The van der Waals surface area contributed by atoms with Crippen molar-refractivity contribution < 1.29 is 36.3 Å². The van der Waals surface area contributed by atoms with Gasteiger partial charge in [0.05, 0.1) is 0 Å². The SMILES string of the molecule is CCN[C@H]1CN(CCCOC)S(=O)(=O)c2sc(S(=O)(=O)NC(=O)c3ccccc3CO[N+](=O)[O-])cc21. The number of carbonyl (C=O) groups is 1. The summed E-state index contributed by atoms with van der Waals surface area (Å²) in [6.45, 7) is 2.52. The zero-order valence-electron chi connectivity index (χ0n) is 19.5. The van der Waals surface area contributed by atoms with Gasteiger partial charge in [-0.2, -0.15) is 4.31 Å². The van der Waals surface area contributed by atoms with Gasteiger partial charge in [0.2, 0.25) is 0 Å². The van der Waals surface area contributed by atoms with Gasteiger partial charge in [0.15, 0.2) is 0 Å². The summed E-state index contributed by atoms with van der Waals surface area (Å²) in [5.74, 6) is -1.03. The van der Waals surface area contributed by atoms with Crippen LogP contribution in [0, 0.1) is 10.1 Å². The summed E-state index contributed by atoms with van der Waals surface area (Å²) in [5.41, 5.74) is 0.290. The molecule has 1 aromatic heterocycles. The molecule has 0 radical (unpaired) electrons. The Kier molecular flexibility index (Phi) is 9.02. The first-order valence-electron chi connectivity index (χ1n) is 10.8. The maximum absolute atomic E-state index is 13.2. The molecule has 3 rings (SSSR count). The smallest absolute Gasteiger partial charge is 0.294 e. The summed E-state index contributed by atoms with van der Waals surface area (Å²) in [7, 11) is -6.90. The summed E-state index contributed by atoms with van der Waals surface area (Å²) < 4.78 is 60.4. The number of nitrogens with one attached hydrogen (secondary N) is 2. The van der Waals surface area contributed by atoms with Gasteiger partial charge in [-0.15, -0.1) is 21.5 Å². The van der Waals surface area contributed by atoms with Crippen LogP contribution in [0.5, 0.6) is 0 Å². The van der Waals surface area contributed by atoms with Crippen LogP contribution >= 0.6 is 11.3 Å². The normalized spacial score (nSPS) is 17.3. The van der Waals surface area contributed by atoms with Crippen molar-refractivity contribution in [3.8, 4) is 0 Å². The number of nitrogens with zero attached hydrogens (tertiary/aromatic N) is 2. The van der Waals surface area contributed by atoms with Crippen LogP contribution in [-0.2, 0) is 36.2 Å². The van der Waals surface area contributed by atoms with Crippen molar-refractivity contribution in [3.05, 3.63) is 57.1 Å². The Hall–Kier alpha value is -2.63. The lowest BCUT2D eigenvalue weighted by molar-refractivity contribution is -0.763. The van der Waals surface area contributed by atoms with E-state index >= 15 is 0 Å². The number of benzene rings is 1. The molecular weight excluding hydrogens is 536 g/mol. The minimum atomic E-state index is -4.46. The minimum Gasteiger partial charge on any atom is -0.385 e. The molecule has 13 nitrogen and oxygen atoms in total. The summed E-state index contributed by atoms with van der Waals surface area (Å²) in [5, 5.41) is 12.7. The Morgan fingerprint density at radius 2 is 2.06 bits per heavy atom. The molecule has 1 aliphatic heterocycles. The van der Waals surface area contributed by atoms with Gasteiger partial charge < -0.3 is 14.9 Å². The van der Waals surface area contributed by atoms with Gasteiger partial charge in [-0.1, -0.05) is 25.1 Å². The van der Waals surface area contributed by atoms with E-state index in [9.17, 15) is 31.7 Å². The molecule has 198 valence electrons. The van der Waals surface area contributed by atoms with Crippen LogP contribution in [0.25, 0.3) is 0 Å². The highest BCUT2D eigenvalue weighted by Gasteiger charge is 2.40. The van der Waals surface area contributed by atoms with E-state index in [1.54, 1.807) is 0 Å². The molecule has 2 aromatic rings. The Balaban J connectivity index is 1.91. The Morgan fingerprint density at radius 3 is 2.72 bits per heavy atom. The van der Waals surface area contributed by atoms with Crippen LogP contribution in [0.1, 0.15) is 40.9 Å². The number of carbonyl (C=O) groups excluding carboxylic acids is 1. The first-order valence-corrected chi connectivity index (χ1v) is 14.5. The molecule has 0 unspecified atom stereocenters. The molecule has 0 saturated carbocycles. The summed E-state index contributed by atoms with van der Waals surface area (Å²) >= 11 is 0.560. The fourth-order valence-corrected chi connectivity index (χ4v) is 8.55. The van der Waals surface area contributed by atoms with Crippen molar-refractivity contribution in [2.24, 2.45) is 0 Å². The lowest BCUT2D eigenvalue weighted by Gasteiger charge is -2.32. The maximum atomic E-state index is 13.2. The lowest BCUT2D eigenvalue weighted by Crippen LogP contribution is -2.43. The molecule has 1 aromatic carbocycles. The molecule has 2 heterocycles. The highest BCUT2D eigenvalue weighted by atomic mass is 32.3. The predicted molar refractivity (Wildman–Crippen MR) is 129 cm³/mol. The van der Waals surface area contributed by atoms with Crippen molar-refractivity contribution in [1.29, 1.82) is 0 Å². The van der Waals surface area contributed by atoms with Gasteiger partial charge in [0.1, 0.15) is 15.0 Å². The van der Waals surface area contributed by atoms with Gasteiger partial charge in [-0.05, 0) is 30.7 Å². The third kappa shape index (κ3) is 6.19. The average molecular weight is 563 g/mol. The second kappa shape index (κ2) is 11.6. The van der Waals surface area contributed by atoms with E-state index in [2.05, 4.69) is 10.2 Å². The fraction of sp³-hybridized carbons (Fsp3) is 0.450. The van der Waals surface area contributed by atoms with E-state index in [-0.39, 0.29) is 32.6 Å². The molecule has 16 heteroatoms. The Morgan fingerprint density at radius 1 is 1.33 bits per heavy atom. The molecular formula is C20H26N4O9S3. The van der Waals surface area contributed by atoms with Crippen molar-refractivity contribution in [2.75, 3.05) is 33.4 Å². The first-order chi connectivity index (χ1) is 17.0. The molecule has 36 heavy (non-hydrogen) atoms. The van der Waals surface area contributed by atoms with Crippen LogP contribution in [0.15, 0.2) is 38.8 Å². The Labute approximate surface area is 212 Å². The van der Waals surface area contributed by atoms with E-state index in [1.165, 1.54) is 41.7 Å². The van der Waals surface area contributed by atoms with E-state index in [1.807, 2.05) is 11.6 Å². The third-order valence-corrected chi connectivity index (χ3v) is 10.7. The second-order valence-corrected chi connectivity index (χ2v) is 12.8. The highest BCUT2D eigenvalue weighted by molar-refractivity contribution is 7.94.